The summed E-state index contributed by atoms with van der Waals surface area (Å²) in [6.45, 7) is 1.97. The number of nitrogens with one attached hydrogen (secondary N) is 1. The van der Waals surface area contributed by atoms with Crippen molar-refractivity contribution in [2.24, 2.45) is 0 Å². The van der Waals surface area contributed by atoms with Gasteiger partial charge in [0.1, 0.15) is 17.3 Å². The Labute approximate surface area is 201 Å². The molecule has 0 unspecified atom stereocenters. The topological polar surface area (TPSA) is 69.0 Å². The van der Waals surface area contributed by atoms with E-state index in [-0.39, 0.29) is 11.6 Å². The van der Waals surface area contributed by atoms with E-state index in [0.717, 1.165) is 16.9 Å². The molecule has 0 aliphatic rings. The van der Waals surface area contributed by atoms with Crippen LogP contribution in [0.2, 0.25) is 0 Å². The van der Waals surface area contributed by atoms with Gasteiger partial charge in [-0.15, -0.1) is 5.10 Å². The Morgan fingerprint density at radius 1 is 0.857 bits per heavy atom. The first-order chi connectivity index (χ1) is 17.0. The van der Waals surface area contributed by atoms with E-state index in [2.05, 4.69) is 15.4 Å². The van der Waals surface area contributed by atoms with E-state index in [9.17, 15) is 9.18 Å². The van der Waals surface area contributed by atoms with Crippen molar-refractivity contribution < 1.29 is 13.9 Å². The number of carbonyl (C=O) groups is 1. The standard InChI is InChI=1S/C28H21FN4O2/c1-19-6-5-7-20(18-19)27-31-26(32-33(27)23-14-10-21(29)11-15-23)28(34)30-22-12-16-25(17-13-22)35-24-8-3-2-4-9-24/h2-18H,1H3,(H,30,34). The van der Waals surface area contributed by atoms with E-state index in [1.54, 1.807) is 41.1 Å². The van der Waals surface area contributed by atoms with Crippen LogP contribution in [0.4, 0.5) is 10.1 Å². The molecular formula is C28H21FN4O2. The third-order valence-electron chi connectivity index (χ3n) is 5.25. The number of aryl methyl sites for hydroxylation is 1. The normalized spacial score (nSPS) is 10.7. The van der Waals surface area contributed by atoms with Crippen LogP contribution in [-0.2, 0) is 0 Å². The van der Waals surface area contributed by atoms with E-state index < -0.39 is 5.91 Å². The molecule has 0 atom stereocenters. The summed E-state index contributed by atoms with van der Waals surface area (Å²) < 4.78 is 20.8. The number of benzene rings is 4. The van der Waals surface area contributed by atoms with Crippen molar-refractivity contribution in [3.63, 3.8) is 0 Å². The van der Waals surface area contributed by atoms with Crippen LogP contribution in [-0.4, -0.2) is 20.7 Å². The van der Waals surface area contributed by atoms with Crippen molar-refractivity contribution in [1.82, 2.24) is 14.8 Å². The van der Waals surface area contributed by atoms with Crippen molar-refractivity contribution in [2.75, 3.05) is 5.32 Å². The van der Waals surface area contributed by atoms with Crippen molar-refractivity contribution in [3.8, 4) is 28.6 Å². The van der Waals surface area contributed by atoms with Gasteiger partial charge in [0, 0.05) is 11.3 Å². The minimum absolute atomic E-state index is 0.00422. The molecule has 1 heterocycles. The van der Waals surface area contributed by atoms with Gasteiger partial charge >= 0.3 is 0 Å². The zero-order valence-corrected chi connectivity index (χ0v) is 18.9. The molecule has 1 aromatic heterocycles. The highest BCUT2D eigenvalue weighted by Crippen LogP contribution is 2.25. The molecule has 172 valence electrons. The van der Waals surface area contributed by atoms with Crippen LogP contribution in [0.5, 0.6) is 11.5 Å². The monoisotopic (exact) mass is 464 g/mol. The van der Waals surface area contributed by atoms with Gasteiger partial charge in [0.2, 0.25) is 5.82 Å². The molecule has 5 aromatic rings. The highest BCUT2D eigenvalue weighted by atomic mass is 19.1. The number of ether oxygens (including phenoxy) is 1. The second-order valence-corrected chi connectivity index (χ2v) is 7.91. The first-order valence-electron chi connectivity index (χ1n) is 11.0. The van der Waals surface area contributed by atoms with Gasteiger partial charge in [0.05, 0.1) is 5.69 Å². The van der Waals surface area contributed by atoms with E-state index in [0.29, 0.717) is 22.9 Å². The predicted molar refractivity (Wildman–Crippen MR) is 132 cm³/mol. The van der Waals surface area contributed by atoms with Crippen LogP contribution in [0.25, 0.3) is 17.1 Å². The number of rotatable bonds is 6. The van der Waals surface area contributed by atoms with Gasteiger partial charge in [-0.2, -0.15) is 0 Å². The van der Waals surface area contributed by atoms with E-state index in [1.165, 1.54) is 12.1 Å². The smallest absolute Gasteiger partial charge is 0.295 e. The minimum Gasteiger partial charge on any atom is -0.457 e. The number of amides is 1. The lowest BCUT2D eigenvalue weighted by atomic mass is 10.1. The lowest BCUT2D eigenvalue weighted by Crippen LogP contribution is -2.14. The Morgan fingerprint density at radius 2 is 1.57 bits per heavy atom. The van der Waals surface area contributed by atoms with Crippen molar-refractivity contribution >= 4 is 11.6 Å². The number of carbonyl (C=O) groups excluding carboxylic acids is 1. The number of hydrogen-bond donors (Lipinski definition) is 1. The molecular weight excluding hydrogens is 443 g/mol. The fourth-order valence-electron chi connectivity index (χ4n) is 3.56. The zero-order chi connectivity index (χ0) is 24.2. The maximum Gasteiger partial charge on any atom is 0.295 e. The fraction of sp³-hybridized carbons (Fsp3) is 0.0357. The van der Waals surface area contributed by atoms with Crippen molar-refractivity contribution in [2.45, 2.75) is 6.92 Å². The average molecular weight is 465 g/mol. The number of halogens is 1. The Kier molecular flexibility index (Phi) is 6.05. The first-order valence-corrected chi connectivity index (χ1v) is 11.0. The van der Waals surface area contributed by atoms with E-state index in [4.69, 9.17) is 4.74 Å². The van der Waals surface area contributed by atoms with Crippen LogP contribution < -0.4 is 10.1 Å². The van der Waals surface area contributed by atoms with Gasteiger partial charge in [0.15, 0.2) is 5.82 Å². The first kappa shape index (κ1) is 22.0. The summed E-state index contributed by atoms with van der Waals surface area (Å²) in [5, 5.41) is 7.25. The van der Waals surface area contributed by atoms with Gasteiger partial charge in [-0.1, -0.05) is 42.0 Å². The van der Waals surface area contributed by atoms with E-state index >= 15 is 0 Å². The Morgan fingerprint density at radius 3 is 2.29 bits per heavy atom. The molecule has 0 spiro atoms. The quantitative estimate of drug-likeness (QED) is 0.315. The molecule has 7 heteroatoms. The second-order valence-electron chi connectivity index (χ2n) is 7.91. The molecule has 0 fully saturated rings. The largest absolute Gasteiger partial charge is 0.457 e. The maximum absolute atomic E-state index is 13.5. The zero-order valence-electron chi connectivity index (χ0n) is 18.9. The molecule has 0 saturated heterocycles. The highest BCUT2D eigenvalue weighted by Gasteiger charge is 2.19. The van der Waals surface area contributed by atoms with Gasteiger partial charge in [-0.3, -0.25) is 4.79 Å². The Hall–Kier alpha value is -4.78. The summed E-state index contributed by atoms with van der Waals surface area (Å²) in [5.41, 5.74) is 3.01. The summed E-state index contributed by atoms with van der Waals surface area (Å²) in [5.74, 6) is 1.03. The maximum atomic E-state index is 13.5. The lowest BCUT2D eigenvalue weighted by Gasteiger charge is -2.07. The molecule has 1 N–H and O–H groups in total. The van der Waals surface area contributed by atoms with Crippen LogP contribution in [0, 0.1) is 12.7 Å². The molecule has 35 heavy (non-hydrogen) atoms. The summed E-state index contributed by atoms with van der Waals surface area (Å²) in [6, 6.07) is 30.1. The third-order valence-corrected chi connectivity index (χ3v) is 5.25. The van der Waals surface area contributed by atoms with Crippen LogP contribution in [0.1, 0.15) is 16.2 Å². The summed E-state index contributed by atoms with van der Waals surface area (Å²) in [6.07, 6.45) is 0. The fourth-order valence-corrected chi connectivity index (χ4v) is 3.56. The molecule has 1 amide bonds. The van der Waals surface area contributed by atoms with Crippen LogP contribution >= 0.6 is 0 Å². The predicted octanol–water partition coefficient (Wildman–Crippen LogP) is 6.43. The Bertz CT molecular complexity index is 1460. The highest BCUT2D eigenvalue weighted by molar-refractivity contribution is 6.01. The average Bonchev–Trinajstić information content (AvgIpc) is 3.32. The second kappa shape index (κ2) is 9.61. The van der Waals surface area contributed by atoms with Gasteiger partial charge < -0.3 is 10.1 Å². The van der Waals surface area contributed by atoms with Gasteiger partial charge in [-0.25, -0.2) is 14.1 Å². The summed E-state index contributed by atoms with van der Waals surface area (Å²) >= 11 is 0. The SMILES string of the molecule is Cc1cccc(-c2nc(C(=O)Nc3ccc(Oc4ccccc4)cc3)nn2-c2ccc(F)cc2)c1. The number of para-hydroxylation sites is 1. The molecule has 0 bridgehead atoms. The van der Waals surface area contributed by atoms with Crippen LogP contribution in [0.3, 0.4) is 0 Å². The molecule has 4 aromatic carbocycles. The van der Waals surface area contributed by atoms with Crippen molar-refractivity contribution in [3.05, 3.63) is 120 Å². The van der Waals surface area contributed by atoms with E-state index in [1.807, 2.05) is 61.5 Å². The lowest BCUT2D eigenvalue weighted by molar-refractivity contribution is 0.101. The number of aromatic nitrogens is 3. The Balaban J connectivity index is 1.40. The van der Waals surface area contributed by atoms with Crippen LogP contribution in [0.15, 0.2) is 103 Å². The number of nitrogens with zero attached hydrogens (tertiary/aromatic N) is 3. The number of anilines is 1. The molecule has 0 radical (unpaired) electrons. The van der Waals surface area contributed by atoms with Gasteiger partial charge in [-0.05, 0) is 73.7 Å². The van der Waals surface area contributed by atoms with Gasteiger partial charge in [0.25, 0.3) is 5.91 Å². The van der Waals surface area contributed by atoms with Crippen molar-refractivity contribution in [1.29, 1.82) is 0 Å². The molecule has 6 nitrogen and oxygen atoms in total. The third kappa shape index (κ3) is 5.09. The summed E-state index contributed by atoms with van der Waals surface area (Å²) in [4.78, 5) is 17.5. The minimum atomic E-state index is -0.462. The molecule has 0 aliphatic heterocycles. The number of hydrogen-bond acceptors (Lipinski definition) is 4. The summed E-state index contributed by atoms with van der Waals surface area (Å²) in [7, 11) is 0. The molecule has 0 saturated carbocycles. The molecule has 5 rings (SSSR count). The molecule has 0 aliphatic carbocycles.